The molecule has 0 unspecified atom stereocenters. The first kappa shape index (κ1) is 20.8. The van der Waals surface area contributed by atoms with E-state index in [0.29, 0.717) is 37.6 Å². The number of benzene rings is 3. The maximum Gasteiger partial charge on any atom is 0.243 e. The molecule has 1 heterocycles. The lowest BCUT2D eigenvalue weighted by atomic mass is 10.1. The molecule has 0 saturated carbocycles. The zero-order chi connectivity index (χ0) is 21.0. The lowest BCUT2D eigenvalue weighted by molar-refractivity contribution is 0.0569. The van der Waals surface area contributed by atoms with Crippen molar-refractivity contribution in [3.8, 4) is 5.75 Å². The SMILES string of the molecule is O=S(=O)(c1ccccc1)N1CCN(C[C@H](O)COc2ccc3ccccc3c2)CC1. The van der Waals surface area contributed by atoms with Crippen molar-refractivity contribution in [2.45, 2.75) is 11.0 Å². The van der Waals surface area contributed by atoms with E-state index in [4.69, 9.17) is 4.74 Å². The molecule has 0 aliphatic carbocycles. The highest BCUT2D eigenvalue weighted by molar-refractivity contribution is 7.89. The van der Waals surface area contributed by atoms with Crippen LogP contribution < -0.4 is 4.74 Å². The molecule has 0 spiro atoms. The summed E-state index contributed by atoms with van der Waals surface area (Å²) in [6.07, 6.45) is -0.645. The number of hydrogen-bond acceptors (Lipinski definition) is 5. The fourth-order valence-electron chi connectivity index (χ4n) is 3.69. The van der Waals surface area contributed by atoms with Crippen molar-refractivity contribution in [3.05, 3.63) is 72.8 Å². The summed E-state index contributed by atoms with van der Waals surface area (Å²) in [5.74, 6) is 0.728. The summed E-state index contributed by atoms with van der Waals surface area (Å²) in [5, 5.41) is 12.6. The molecule has 0 bridgehead atoms. The smallest absolute Gasteiger partial charge is 0.243 e. The number of hydrogen-bond donors (Lipinski definition) is 1. The topological polar surface area (TPSA) is 70.1 Å². The molecule has 0 amide bonds. The van der Waals surface area contributed by atoms with Crippen LogP contribution in [0, 0.1) is 0 Å². The van der Waals surface area contributed by atoms with Crippen molar-refractivity contribution in [1.82, 2.24) is 9.21 Å². The standard InChI is InChI=1S/C23H26N2O4S/c26-21(18-29-22-11-10-19-6-4-5-7-20(19)16-22)17-24-12-14-25(15-13-24)30(27,28)23-8-2-1-3-9-23/h1-11,16,21,26H,12-15,17-18H2/t21-/m0/s1. The average Bonchev–Trinajstić information content (AvgIpc) is 2.78. The third-order valence-corrected chi connectivity index (χ3v) is 7.26. The van der Waals surface area contributed by atoms with E-state index in [2.05, 4.69) is 4.90 Å². The molecule has 1 N–H and O–H groups in total. The number of ether oxygens (including phenoxy) is 1. The Balaban J connectivity index is 1.26. The third kappa shape index (κ3) is 4.82. The first-order valence-corrected chi connectivity index (χ1v) is 11.5. The molecule has 3 aromatic rings. The van der Waals surface area contributed by atoms with Gasteiger partial charge in [-0.15, -0.1) is 0 Å². The van der Waals surface area contributed by atoms with Crippen LogP contribution in [0.2, 0.25) is 0 Å². The molecule has 0 radical (unpaired) electrons. The molecule has 0 aromatic heterocycles. The van der Waals surface area contributed by atoms with E-state index in [1.165, 1.54) is 4.31 Å². The van der Waals surface area contributed by atoms with Gasteiger partial charge in [0.25, 0.3) is 0 Å². The van der Waals surface area contributed by atoms with E-state index < -0.39 is 16.1 Å². The van der Waals surface area contributed by atoms with Crippen molar-refractivity contribution in [2.75, 3.05) is 39.3 Å². The fourth-order valence-corrected chi connectivity index (χ4v) is 5.14. The van der Waals surface area contributed by atoms with Crippen molar-refractivity contribution in [2.24, 2.45) is 0 Å². The highest BCUT2D eigenvalue weighted by Gasteiger charge is 2.28. The number of piperazine rings is 1. The summed E-state index contributed by atoms with van der Waals surface area (Å²) < 4.78 is 32.7. The Morgan fingerprint density at radius 1 is 0.867 bits per heavy atom. The van der Waals surface area contributed by atoms with Crippen LogP contribution in [0.4, 0.5) is 0 Å². The Kier molecular flexibility index (Phi) is 6.34. The van der Waals surface area contributed by atoms with Crippen molar-refractivity contribution in [1.29, 1.82) is 0 Å². The second-order valence-electron chi connectivity index (χ2n) is 7.49. The average molecular weight is 427 g/mol. The van der Waals surface area contributed by atoms with E-state index >= 15 is 0 Å². The maximum absolute atomic E-state index is 12.7. The van der Waals surface area contributed by atoms with Gasteiger partial charge in [0.2, 0.25) is 10.0 Å². The van der Waals surface area contributed by atoms with Crippen molar-refractivity contribution in [3.63, 3.8) is 0 Å². The molecule has 6 nitrogen and oxygen atoms in total. The van der Waals surface area contributed by atoms with Crippen LogP contribution >= 0.6 is 0 Å². The second kappa shape index (κ2) is 9.14. The van der Waals surface area contributed by atoms with Crippen LogP contribution in [0.15, 0.2) is 77.7 Å². The minimum absolute atomic E-state index is 0.195. The van der Waals surface area contributed by atoms with Gasteiger partial charge in [-0.1, -0.05) is 48.5 Å². The van der Waals surface area contributed by atoms with Gasteiger partial charge in [-0.3, -0.25) is 4.90 Å². The van der Waals surface area contributed by atoms with E-state index in [1.807, 2.05) is 42.5 Å². The number of nitrogens with zero attached hydrogens (tertiary/aromatic N) is 2. The Morgan fingerprint density at radius 2 is 1.53 bits per heavy atom. The molecule has 3 aromatic carbocycles. The van der Waals surface area contributed by atoms with Gasteiger partial charge in [0.15, 0.2) is 0 Å². The zero-order valence-electron chi connectivity index (χ0n) is 16.7. The Bertz CT molecular complexity index is 1080. The van der Waals surface area contributed by atoms with E-state index in [-0.39, 0.29) is 6.61 Å². The summed E-state index contributed by atoms with van der Waals surface area (Å²) in [6, 6.07) is 22.4. The minimum atomic E-state index is -3.46. The summed E-state index contributed by atoms with van der Waals surface area (Å²) in [6.45, 7) is 2.64. The van der Waals surface area contributed by atoms with Crippen molar-refractivity contribution >= 4 is 20.8 Å². The highest BCUT2D eigenvalue weighted by Crippen LogP contribution is 2.21. The third-order valence-electron chi connectivity index (χ3n) is 5.34. The number of rotatable bonds is 7. The van der Waals surface area contributed by atoms with E-state index in [0.717, 1.165) is 16.5 Å². The van der Waals surface area contributed by atoms with E-state index in [1.54, 1.807) is 30.3 Å². The summed E-state index contributed by atoms with van der Waals surface area (Å²) in [4.78, 5) is 2.40. The number of aliphatic hydroxyl groups is 1. The van der Waals surface area contributed by atoms with Crippen LogP contribution in [0.25, 0.3) is 10.8 Å². The lowest BCUT2D eigenvalue weighted by Gasteiger charge is -2.34. The van der Waals surface area contributed by atoms with Crippen LogP contribution in [-0.2, 0) is 10.0 Å². The highest BCUT2D eigenvalue weighted by atomic mass is 32.2. The summed E-state index contributed by atoms with van der Waals surface area (Å²) >= 11 is 0. The largest absolute Gasteiger partial charge is 0.491 e. The number of sulfonamides is 1. The van der Waals surface area contributed by atoms with Gasteiger partial charge in [0.05, 0.1) is 4.90 Å². The normalized spacial score (nSPS) is 17.1. The zero-order valence-corrected chi connectivity index (χ0v) is 17.5. The maximum atomic E-state index is 12.7. The van der Waals surface area contributed by atoms with Gasteiger partial charge in [-0.25, -0.2) is 8.42 Å². The molecule has 1 fully saturated rings. The second-order valence-corrected chi connectivity index (χ2v) is 9.43. The summed E-state index contributed by atoms with van der Waals surface area (Å²) in [5.41, 5.74) is 0. The fraction of sp³-hybridized carbons (Fsp3) is 0.304. The molecule has 1 saturated heterocycles. The molecule has 1 aliphatic rings. The first-order chi connectivity index (χ1) is 14.5. The van der Waals surface area contributed by atoms with Crippen LogP contribution in [0.3, 0.4) is 0 Å². The number of fused-ring (bicyclic) bond motifs is 1. The van der Waals surface area contributed by atoms with Gasteiger partial charge < -0.3 is 9.84 Å². The van der Waals surface area contributed by atoms with Gasteiger partial charge in [-0.2, -0.15) is 4.31 Å². The monoisotopic (exact) mass is 426 g/mol. The van der Waals surface area contributed by atoms with Crippen LogP contribution in [0.5, 0.6) is 5.75 Å². The quantitative estimate of drug-likeness (QED) is 0.629. The van der Waals surface area contributed by atoms with E-state index in [9.17, 15) is 13.5 Å². The first-order valence-electron chi connectivity index (χ1n) is 10.1. The Hall–Kier alpha value is -2.45. The molecular formula is C23H26N2O4S. The molecule has 158 valence electrons. The lowest BCUT2D eigenvalue weighted by Crippen LogP contribution is -2.50. The predicted octanol–water partition coefficient (Wildman–Crippen LogP) is 2.59. The number of aliphatic hydroxyl groups excluding tert-OH is 1. The molecule has 4 rings (SSSR count). The van der Waals surface area contributed by atoms with Gasteiger partial charge >= 0.3 is 0 Å². The number of β-amino-alcohol motifs (C(OH)–C–C–N with tert-alkyl or cyclic N) is 1. The Labute approximate surface area is 177 Å². The van der Waals surface area contributed by atoms with Gasteiger partial charge in [-0.05, 0) is 35.0 Å². The molecule has 1 aliphatic heterocycles. The minimum Gasteiger partial charge on any atom is -0.491 e. The van der Waals surface area contributed by atoms with Gasteiger partial charge in [0, 0.05) is 32.7 Å². The molecular weight excluding hydrogens is 400 g/mol. The molecule has 30 heavy (non-hydrogen) atoms. The molecule has 1 atom stereocenters. The van der Waals surface area contributed by atoms with Crippen molar-refractivity contribution < 1.29 is 18.3 Å². The van der Waals surface area contributed by atoms with Crippen LogP contribution in [-0.4, -0.2) is 68.2 Å². The van der Waals surface area contributed by atoms with Crippen LogP contribution in [0.1, 0.15) is 0 Å². The molecule has 7 heteroatoms. The predicted molar refractivity (Wildman–Crippen MR) is 117 cm³/mol. The Morgan fingerprint density at radius 3 is 2.27 bits per heavy atom. The van der Waals surface area contributed by atoms with Gasteiger partial charge in [0.1, 0.15) is 18.5 Å². The summed E-state index contributed by atoms with van der Waals surface area (Å²) in [7, 11) is -3.46.